The molecule has 1 heterocycles. The lowest BCUT2D eigenvalue weighted by Crippen LogP contribution is -2.33. The highest BCUT2D eigenvalue weighted by atomic mass is 35.5. The van der Waals surface area contributed by atoms with Gasteiger partial charge in [0, 0.05) is 25.4 Å². The van der Waals surface area contributed by atoms with E-state index in [2.05, 4.69) is 0 Å². The molecule has 0 spiro atoms. The predicted molar refractivity (Wildman–Crippen MR) is 61.0 cm³/mol. The van der Waals surface area contributed by atoms with Crippen LogP contribution in [0.25, 0.3) is 0 Å². The molecule has 15 heavy (non-hydrogen) atoms. The Hall–Kier alpha value is -0.280. The summed E-state index contributed by atoms with van der Waals surface area (Å²) in [6.45, 7) is 3.30. The standard InChI is InChI=1S/C11H20ClNO2/c1-11(15)5-3-8-13(9-6-11)10(14)4-2-7-12/h15H,2-9H2,1H3. The van der Waals surface area contributed by atoms with E-state index in [1.165, 1.54) is 0 Å². The van der Waals surface area contributed by atoms with E-state index in [9.17, 15) is 9.90 Å². The van der Waals surface area contributed by atoms with Crippen molar-refractivity contribution in [3.05, 3.63) is 0 Å². The van der Waals surface area contributed by atoms with Gasteiger partial charge in [-0.05, 0) is 32.6 Å². The number of nitrogens with zero attached hydrogens (tertiary/aromatic N) is 1. The number of likely N-dealkylation sites (tertiary alicyclic amines) is 1. The van der Waals surface area contributed by atoms with Crippen LogP contribution in [-0.2, 0) is 4.79 Å². The molecule has 1 rings (SSSR count). The first-order valence-corrected chi connectivity index (χ1v) is 6.15. The molecule has 0 aromatic rings. The molecular formula is C11H20ClNO2. The minimum atomic E-state index is -0.596. The molecule has 1 aliphatic rings. The fourth-order valence-corrected chi connectivity index (χ4v) is 2.02. The predicted octanol–water partition coefficient (Wildman–Crippen LogP) is 1.77. The molecular weight excluding hydrogens is 214 g/mol. The van der Waals surface area contributed by atoms with Gasteiger partial charge in [-0.1, -0.05) is 0 Å². The van der Waals surface area contributed by atoms with Gasteiger partial charge in [0.05, 0.1) is 5.60 Å². The SMILES string of the molecule is CC1(O)CCCN(C(=O)CCCCl)CC1. The molecule has 4 heteroatoms. The maximum absolute atomic E-state index is 11.7. The van der Waals surface area contributed by atoms with Gasteiger partial charge in [-0.3, -0.25) is 4.79 Å². The maximum Gasteiger partial charge on any atom is 0.222 e. The van der Waals surface area contributed by atoms with Gasteiger partial charge < -0.3 is 10.0 Å². The van der Waals surface area contributed by atoms with Crippen molar-refractivity contribution in [2.24, 2.45) is 0 Å². The Kier molecular flexibility index (Phi) is 4.87. The van der Waals surface area contributed by atoms with Crippen LogP contribution in [0.1, 0.15) is 39.0 Å². The number of amides is 1. The first-order valence-electron chi connectivity index (χ1n) is 5.61. The zero-order valence-corrected chi connectivity index (χ0v) is 10.1. The van der Waals surface area contributed by atoms with Crippen LogP contribution in [0, 0.1) is 0 Å². The highest BCUT2D eigenvalue weighted by Crippen LogP contribution is 2.21. The number of aliphatic hydroxyl groups is 1. The summed E-state index contributed by atoms with van der Waals surface area (Å²) in [6.07, 6.45) is 3.63. The normalized spacial score (nSPS) is 27.5. The van der Waals surface area contributed by atoms with Crippen molar-refractivity contribution in [1.82, 2.24) is 4.90 Å². The average Bonchev–Trinajstić information content (AvgIpc) is 2.36. The average molecular weight is 234 g/mol. The topological polar surface area (TPSA) is 40.5 Å². The molecule has 1 saturated heterocycles. The molecule has 1 amide bonds. The van der Waals surface area contributed by atoms with E-state index >= 15 is 0 Å². The van der Waals surface area contributed by atoms with Crippen molar-refractivity contribution in [1.29, 1.82) is 0 Å². The number of halogens is 1. The van der Waals surface area contributed by atoms with Crippen LogP contribution in [-0.4, -0.2) is 40.5 Å². The summed E-state index contributed by atoms with van der Waals surface area (Å²) in [5, 5.41) is 9.87. The number of rotatable bonds is 3. The van der Waals surface area contributed by atoms with Crippen LogP contribution in [0.5, 0.6) is 0 Å². The second kappa shape index (κ2) is 5.71. The van der Waals surface area contributed by atoms with E-state index in [-0.39, 0.29) is 5.91 Å². The number of hydrogen-bond donors (Lipinski definition) is 1. The molecule has 0 aliphatic carbocycles. The van der Waals surface area contributed by atoms with Crippen molar-refractivity contribution in [3.8, 4) is 0 Å². The minimum absolute atomic E-state index is 0.174. The zero-order valence-electron chi connectivity index (χ0n) is 9.34. The monoisotopic (exact) mass is 233 g/mol. The van der Waals surface area contributed by atoms with E-state index < -0.39 is 5.60 Å². The van der Waals surface area contributed by atoms with Gasteiger partial charge in [-0.2, -0.15) is 0 Å². The lowest BCUT2D eigenvalue weighted by atomic mass is 9.98. The van der Waals surface area contributed by atoms with E-state index in [0.717, 1.165) is 25.8 Å². The van der Waals surface area contributed by atoms with Crippen LogP contribution in [0.4, 0.5) is 0 Å². The van der Waals surface area contributed by atoms with Gasteiger partial charge in [-0.15, -0.1) is 11.6 Å². The van der Waals surface area contributed by atoms with Crippen molar-refractivity contribution >= 4 is 17.5 Å². The van der Waals surface area contributed by atoms with E-state index in [0.29, 0.717) is 25.3 Å². The molecule has 1 aliphatic heterocycles. The molecule has 1 N–H and O–H groups in total. The molecule has 1 fully saturated rings. The summed E-state index contributed by atoms with van der Waals surface area (Å²) >= 11 is 5.55. The summed E-state index contributed by atoms with van der Waals surface area (Å²) < 4.78 is 0. The highest BCUT2D eigenvalue weighted by Gasteiger charge is 2.26. The van der Waals surface area contributed by atoms with Gasteiger partial charge in [0.2, 0.25) is 5.91 Å². The number of hydrogen-bond acceptors (Lipinski definition) is 2. The van der Waals surface area contributed by atoms with Gasteiger partial charge in [-0.25, -0.2) is 0 Å². The lowest BCUT2D eigenvalue weighted by molar-refractivity contribution is -0.131. The van der Waals surface area contributed by atoms with Crippen molar-refractivity contribution < 1.29 is 9.90 Å². The summed E-state index contributed by atoms with van der Waals surface area (Å²) in [4.78, 5) is 13.6. The summed E-state index contributed by atoms with van der Waals surface area (Å²) in [7, 11) is 0. The van der Waals surface area contributed by atoms with Gasteiger partial charge in [0.1, 0.15) is 0 Å². The Morgan fingerprint density at radius 1 is 1.47 bits per heavy atom. The summed E-state index contributed by atoms with van der Waals surface area (Å²) in [6, 6.07) is 0. The van der Waals surface area contributed by atoms with Gasteiger partial charge in [0.15, 0.2) is 0 Å². The Morgan fingerprint density at radius 2 is 2.20 bits per heavy atom. The third-order valence-corrected chi connectivity index (χ3v) is 3.21. The Labute approximate surface area is 96.4 Å². The van der Waals surface area contributed by atoms with E-state index in [4.69, 9.17) is 11.6 Å². The number of carbonyl (C=O) groups is 1. The van der Waals surface area contributed by atoms with Crippen molar-refractivity contribution in [3.63, 3.8) is 0 Å². The Balaban J connectivity index is 2.40. The Bertz CT molecular complexity index is 219. The van der Waals surface area contributed by atoms with Crippen LogP contribution < -0.4 is 0 Å². The molecule has 1 unspecified atom stereocenters. The molecule has 1 atom stereocenters. The van der Waals surface area contributed by atoms with Crippen molar-refractivity contribution in [2.75, 3.05) is 19.0 Å². The minimum Gasteiger partial charge on any atom is -0.390 e. The third-order valence-electron chi connectivity index (χ3n) is 2.94. The largest absolute Gasteiger partial charge is 0.390 e. The van der Waals surface area contributed by atoms with E-state index in [1.807, 2.05) is 11.8 Å². The lowest BCUT2D eigenvalue weighted by Gasteiger charge is -2.22. The highest BCUT2D eigenvalue weighted by molar-refractivity contribution is 6.17. The summed E-state index contributed by atoms with van der Waals surface area (Å²) in [5.74, 6) is 0.713. The molecule has 3 nitrogen and oxygen atoms in total. The fraction of sp³-hybridized carbons (Fsp3) is 0.909. The third kappa shape index (κ3) is 4.39. The number of carbonyl (C=O) groups excluding carboxylic acids is 1. The Morgan fingerprint density at radius 3 is 2.87 bits per heavy atom. The molecule has 0 aromatic heterocycles. The van der Waals surface area contributed by atoms with Gasteiger partial charge >= 0.3 is 0 Å². The smallest absolute Gasteiger partial charge is 0.222 e. The van der Waals surface area contributed by atoms with E-state index in [1.54, 1.807) is 0 Å². The number of alkyl halides is 1. The molecule has 0 radical (unpaired) electrons. The molecule has 88 valence electrons. The summed E-state index contributed by atoms with van der Waals surface area (Å²) in [5.41, 5.74) is -0.596. The first-order chi connectivity index (χ1) is 7.05. The fourth-order valence-electron chi connectivity index (χ4n) is 1.89. The quantitative estimate of drug-likeness (QED) is 0.755. The second-order valence-corrected chi connectivity index (χ2v) is 4.90. The molecule has 0 saturated carbocycles. The molecule has 0 aromatic carbocycles. The van der Waals surface area contributed by atoms with Crippen LogP contribution >= 0.6 is 11.6 Å². The molecule has 0 bridgehead atoms. The maximum atomic E-state index is 11.7. The van der Waals surface area contributed by atoms with Crippen LogP contribution in [0.2, 0.25) is 0 Å². The van der Waals surface area contributed by atoms with Crippen LogP contribution in [0.15, 0.2) is 0 Å². The van der Waals surface area contributed by atoms with Crippen LogP contribution in [0.3, 0.4) is 0 Å². The first kappa shape index (κ1) is 12.8. The van der Waals surface area contributed by atoms with Gasteiger partial charge in [0.25, 0.3) is 0 Å². The zero-order chi connectivity index (χ0) is 11.3. The second-order valence-electron chi connectivity index (χ2n) is 4.52. The van der Waals surface area contributed by atoms with Crippen molar-refractivity contribution in [2.45, 2.75) is 44.6 Å².